The van der Waals surface area contributed by atoms with E-state index in [1.807, 2.05) is 0 Å². The maximum Gasteiger partial charge on any atom is 1.00 e. The molecule has 1 atom stereocenters. The summed E-state index contributed by atoms with van der Waals surface area (Å²) in [6.45, 7) is 2.77. The third-order valence-electron chi connectivity index (χ3n) is 4.61. The molecule has 130 valence electrons. The number of aromatic nitrogens is 1. The Hall–Kier alpha value is -2.00. The second kappa shape index (κ2) is 7.32. The van der Waals surface area contributed by atoms with Crippen LogP contribution in [0.4, 0.5) is 5.69 Å². The average Bonchev–Trinajstić information content (AvgIpc) is 2.63. The normalized spacial score (nSPS) is 15.6. The van der Waals surface area contributed by atoms with Gasteiger partial charge in [-0.05, 0) is 43.2 Å². The van der Waals surface area contributed by atoms with Crippen molar-refractivity contribution in [1.82, 2.24) is 4.57 Å². The van der Waals surface area contributed by atoms with E-state index in [2.05, 4.69) is 0 Å². The number of nitrogens with zero attached hydrogens (tertiary/aromatic N) is 2. The largest absolute Gasteiger partial charge is 1.00 e. The number of carbonyl (C=O) groups excluding carboxylic acids is 2. The van der Waals surface area contributed by atoms with Gasteiger partial charge in [-0.2, -0.15) is 0 Å². The van der Waals surface area contributed by atoms with Crippen LogP contribution in [0.3, 0.4) is 0 Å². The molecule has 1 aromatic carbocycles. The standard InChI is InChI=1S/C18H17ClN2O4.Li/c1-9-6-14-16(18(25)20(9)3)12-5-4-11(19)7-13(12)10(2)17(24)21(14)8-15(22)23;/h4-7,10H,8H2,1-3H3,(H,22,23);/q;+1/p-1. The Morgan fingerprint density at radius 3 is 2.54 bits per heavy atom. The quantitative estimate of drug-likeness (QED) is 0.588. The summed E-state index contributed by atoms with van der Waals surface area (Å²) in [5.41, 5.74) is 2.07. The first-order chi connectivity index (χ1) is 11.7. The topological polar surface area (TPSA) is 82.4 Å². The van der Waals surface area contributed by atoms with Gasteiger partial charge in [0.15, 0.2) is 0 Å². The first-order valence-electron chi connectivity index (χ1n) is 7.74. The molecule has 0 fully saturated rings. The SMILES string of the molecule is Cc1cc2c(c(=O)n1C)-c1ccc(Cl)cc1C(C)C(=O)N2CC(=O)[O-].[Li+]. The van der Waals surface area contributed by atoms with Crippen LogP contribution in [0.25, 0.3) is 11.1 Å². The maximum absolute atomic E-state index is 12.9. The minimum atomic E-state index is -1.39. The van der Waals surface area contributed by atoms with Gasteiger partial charge in [-0.25, -0.2) is 0 Å². The number of hydrogen-bond acceptors (Lipinski definition) is 4. The Balaban J connectivity index is 0.00000243. The molecule has 8 heteroatoms. The van der Waals surface area contributed by atoms with Crippen molar-refractivity contribution < 1.29 is 33.6 Å². The molecule has 1 aliphatic heterocycles. The second-order valence-corrected chi connectivity index (χ2v) is 6.60. The van der Waals surface area contributed by atoms with Crippen LogP contribution in [-0.4, -0.2) is 23.0 Å². The summed E-state index contributed by atoms with van der Waals surface area (Å²) in [5, 5.41) is 11.6. The first kappa shape index (κ1) is 20.3. The van der Waals surface area contributed by atoms with E-state index in [0.717, 1.165) is 4.90 Å². The number of amides is 1. The van der Waals surface area contributed by atoms with Crippen molar-refractivity contribution in [2.75, 3.05) is 11.4 Å². The van der Waals surface area contributed by atoms with Crippen molar-refractivity contribution in [2.45, 2.75) is 19.8 Å². The number of anilines is 1. The second-order valence-electron chi connectivity index (χ2n) is 6.16. The zero-order chi connectivity index (χ0) is 18.5. The molecule has 2 aromatic rings. The molecule has 3 rings (SSSR count). The van der Waals surface area contributed by atoms with Gasteiger partial charge in [0.1, 0.15) is 0 Å². The van der Waals surface area contributed by atoms with E-state index in [-0.39, 0.29) is 30.1 Å². The Kier molecular flexibility index (Phi) is 5.72. The number of carboxylic acid groups (broad SMARTS) is 1. The molecule has 1 unspecified atom stereocenters. The van der Waals surface area contributed by atoms with Crippen LogP contribution in [0.1, 0.15) is 24.1 Å². The van der Waals surface area contributed by atoms with Gasteiger partial charge in [0.05, 0.1) is 29.7 Å². The Morgan fingerprint density at radius 2 is 1.92 bits per heavy atom. The Bertz CT molecular complexity index is 970. The van der Waals surface area contributed by atoms with E-state index in [9.17, 15) is 19.5 Å². The van der Waals surface area contributed by atoms with E-state index in [0.29, 0.717) is 27.4 Å². The summed E-state index contributed by atoms with van der Waals surface area (Å²) in [6.07, 6.45) is 0. The summed E-state index contributed by atoms with van der Waals surface area (Å²) < 4.78 is 1.47. The minimum absolute atomic E-state index is 0. The predicted octanol–water partition coefficient (Wildman–Crippen LogP) is -1.78. The van der Waals surface area contributed by atoms with Crippen LogP contribution in [-0.2, 0) is 16.6 Å². The van der Waals surface area contributed by atoms with Crippen LogP contribution < -0.4 is 34.4 Å². The molecule has 0 spiro atoms. The molecule has 2 heterocycles. The fourth-order valence-corrected chi connectivity index (χ4v) is 3.35. The number of fused-ring (bicyclic) bond motifs is 3. The van der Waals surface area contributed by atoms with E-state index in [1.54, 1.807) is 45.2 Å². The van der Waals surface area contributed by atoms with Crippen molar-refractivity contribution in [1.29, 1.82) is 0 Å². The van der Waals surface area contributed by atoms with E-state index < -0.39 is 24.3 Å². The summed E-state index contributed by atoms with van der Waals surface area (Å²) in [7, 11) is 1.63. The zero-order valence-electron chi connectivity index (χ0n) is 15.0. The summed E-state index contributed by atoms with van der Waals surface area (Å²) in [6, 6.07) is 6.63. The van der Waals surface area contributed by atoms with Crippen LogP contribution in [0.2, 0.25) is 5.02 Å². The molecule has 1 aromatic heterocycles. The van der Waals surface area contributed by atoms with Crippen LogP contribution in [0.5, 0.6) is 0 Å². The molecule has 0 N–H and O–H groups in total. The minimum Gasteiger partial charge on any atom is -0.548 e. The number of carboxylic acids is 1. The maximum atomic E-state index is 12.9. The monoisotopic (exact) mass is 366 g/mol. The van der Waals surface area contributed by atoms with E-state index in [1.165, 1.54) is 4.57 Å². The van der Waals surface area contributed by atoms with Gasteiger partial charge < -0.3 is 19.4 Å². The van der Waals surface area contributed by atoms with Gasteiger partial charge in [0, 0.05) is 17.8 Å². The number of halogens is 1. The van der Waals surface area contributed by atoms with Gasteiger partial charge in [0.2, 0.25) is 5.91 Å². The third-order valence-corrected chi connectivity index (χ3v) is 4.85. The number of hydrogen-bond donors (Lipinski definition) is 0. The zero-order valence-corrected chi connectivity index (χ0v) is 15.8. The number of carbonyl (C=O) groups is 2. The van der Waals surface area contributed by atoms with Crippen molar-refractivity contribution in [3.63, 3.8) is 0 Å². The third kappa shape index (κ3) is 3.21. The smallest absolute Gasteiger partial charge is 0.548 e. The number of aryl methyl sites for hydroxylation is 1. The van der Waals surface area contributed by atoms with E-state index in [4.69, 9.17) is 11.6 Å². The van der Waals surface area contributed by atoms with Gasteiger partial charge in [-0.15, -0.1) is 0 Å². The van der Waals surface area contributed by atoms with Gasteiger partial charge in [-0.1, -0.05) is 17.7 Å². The fourth-order valence-electron chi connectivity index (χ4n) is 3.17. The molecule has 0 saturated carbocycles. The first-order valence-corrected chi connectivity index (χ1v) is 8.11. The van der Waals surface area contributed by atoms with Crippen LogP contribution in [0, 0.1) is 6.92 Å². The van der Waals surface area contributed by atoms with Gasteiger partial charge >= 0.3 is 18.9 Å². The molecule has 0 radical (unpaired) electrons. The molecule has 6 nitrogen and oxygen atoms in total. The van der Waals surface area contributed by atoms with Crippen molar-refractivity contribution in [2.24, 2.45) is 7.05 Å². The molecule has 1 amide bonds. The van der Waals surface area contributed by atoms with Crippen molar-refractivity contribution in [3.8, 4) is 11.1 Å². The molecule has 1 aliphatic rings. The molecule has 0 aliphatic carbocycles. The summed E-state index contributed by atoms with van der Waals surface area (Å²) in [5.74, 6) is -2.46. The Labute approximate surface area is 167 Å². The molecule has 0 saturated heterocycles. The molecular weight excluding hydrogens is 351 g/mol. The molecule has 26 heavy (non-hydrogen) atoms. The average molecular weight is 367 g/mol. The predicted molar refractivity (Wildman–Crippen MR) is 92.6 cm³/mol. The number of aliphatic carboxylic acids is 1. The fraction of sp³-hybridized carbons (Fsp3) is 0.278. The van der Waals surface area contributed by atoms with Gasteiger partial charge in [-0.3, -0.25) is 9.59 Å². The van der Waals surface area contributed by atoms with E-state index >= 15 is 0 Å². The number of rotatable bonds is 2. The summed E-state index contributed by atoms with van der Waals surface area (Å²) >= 11 is 6.07. The number of pyridine rings is 1. The number of benzene rings is 1. The molecular formula is C18H16ClLiN2O4. The van der Waals surface area contributed by atoms with Crippen LogP contribution >= 0.6 is 11.6 Å². The van der Waals surface area contributed by atoms with Crippen molar-refractivity contribution in [3.05, 3.63) is 50.9 Å². The van der Waals surface area contributed by atoms with Gasteiger partial charge in [0.25, 0.3) is 5.56 Å². The Morgan fingerprint density at radius 1 is 1.27 bits per heavy atom. The van der Waals surface area contributed by atoms with Crippen LogP contribution in [0.15, 0.2) is 29.1 Å². The van der Waals surface area contributed by atoms with Crippen molar-refractivity contribution >= 4 is 29.2 Å². The molecule has 0 bridgehead atoms. The summed E-state index contributed by atoms with van der Waals surface area (Å²) in [4.78, 5) is 38.1.